The van der Waals surface area contributed by atoms with Crippen molar-refractivity contribution >= 4 is 67.9 Å². The van der Waals surface area contributed by atoms with Gasteiger partial charge in [-0.25, -0.2) is 0 Å². The second-order valence-electron chi connectivity index (χ2n) is 13.0. The third-order valence-corrected chi connectivity index (χ3v) is 8.78. The molecule has 2 aromatic rings. The van der Waals surface area contributed by atoms with Crippen molar-refractivity contribution in [2.45, 2.75) is 92.7 Å². The first-order valence-corrected chi connectivity index (χ1v) is 27.4. The molecule has 0 fully saturated rings. The molecule has 0 aliphatic rings. The molecule has 0 radical (unpaired) electrons. The molecule has 0 spiro atoms. The van der Waals surface area contributed by atoms with Crippen LogP contribution in [0, 0.1) is 27.7 Å². The fraction of sp³-hybridized carbons (Fsp3) is 0.588. The fourth-order valence-corrected chi connectivity index (χ4v) is 5.86. The molecular formula is C34H56Br2N2NiO4Si2. The first kappa shape index (κ1) is 42.5. The molecule has 0 amide bonds. The van der Waals surface area contributed by atoms with Gasteiger partial charge in [-0.15, -0.1) is 0 Å². The van der Waals surface area contributed by atoms with E-state index in [1.807, 2.05) is 0 Å². The number of para-hydroxylation sites is 2. The third kappa shape index (κ3) is 19.8. The van der Waals surface area contributed by atoms with E-state index >= 15 is 0 Å². The predicted molar refractivity (Wildman–Crippen MR) is 203 cm³/mol. The van der Waals surface area contributed by atoms with Crippen LogP contribution in [0.25, 0.3) is 0 Å². The van der Waals surface area contributed by atoms with Gasteiger partial charge in [0, 0.05) is 13.2 Å². The van der Waals surface area contributed by atoms with Crippen molar-refractivity contribution in [1.82, 2.24) is 0 Å². The monoisotopic (exact) mass is 828 g/mol. The summed E-state index contributed by atoms with van der Waals surface area (Å²) in [4.78, 5) is 10.6. The normalized spacial score (nSPS) is 12.8. The maximum atomic E-state index is 5.95. The van der Waals surface area contributed by atoms with Crippen LogP contribution in [0.15, 0.2) is 46.4 Å². The van der Waals surface area contributed by atoms with Crippen LogP contribution in [0.4, 0.5) is 11.4 Å². The van der Waals surface area contributed by atoms with Crippen molar-refractivity contribution in [3.63, 3.8) is 0 Å². The molecule has 0 aromatic heterocycles. The SMILES string of the molecule is Cc1cccc(C)c1N=C(CCCOCCO[Si](C)(C)C)C(CCCOCCO[Si](C)(C)C)=Nc1c(C)cccc1C.[Br][Ni][Br]. The number of halogens is 2. The molecule has 0 aliphatic carbocycles. The van der Waals surface area contributed by atoms with Crippen LogP contribution in [0.2, 0.25) is 39.3 Å². The molecule has 2 rings (SSSR count). The van der Waals surface area contributed by atoms with Crippen LogP contribution in [-0.2, 0) is 29.2 Å². The molecule has 11 heteroatoms. The van der Waals surface area contributed by atoms with E-state index in [-0.39, 0.29) is 0 Å². The average Bonchev–Trinajstić information content (AvgIpc) is 2.93. The number of ether oxygens (including phenoxy) is 2. The van der Waals surface area contributed by atoms with E-state index in [9.17, 15) is 0 Å². The number of nitrogens with zero attached hydrogens (tertiary/aromatic N) is 2. The topological polar surface area (TPSA) is 61.6 Å². The second-order valence-corrected chi connectivity index (χ2v) is 27.0. The number of aliphatic imine (C=N–C) groups is 2. The number of rotatable bonds is 19. The van der Waals surface area contributed by atoms with Gasteiger partial charge in [0.1, 0.15) is 0 Å². The summed E-state index contributed by atoms with van der Waals surface area (Å²) in [6, 6.07) is 12.7. The number of hydrogen-bond acceptors (Lipinski definition) is 6. The minimum atomic E-state index is -1.52. The standard InChI is InChI=1S/C34H56N2O4Si2.2BrH.Ni/c1-27-15-11-16-28(2)33(27)35-31(19-13-21-37-23-25-39-41(5,6)7)32(36-34-29(3)17-12-18-30(34)4)20-14-22-38-24-26-40-42(8,9)10;;;/h11-12,15-18H,13-14,19-26H2,1-10H3;2*1H;/q;;;+2/p-2. The number of aryl methyl sites for hydroxylation is 4. The van der Waals surface area contributed by atoms with E-state index in [1.165, 1.54) is 33.2 Å². The molecule has 0 N–H and O–H groups in total. The summed E-state index contributed by atoms with van der Waals surface area (Å²) in [6.45, 7) is 25.6. The Morgan fingerprint density at radius 3 is 1.18 bits per heavy atom. The molecule has 0 aliphatic heterocycles. The van der Waals surface area contributed by atoms with Crippen LogP contribution >= 0.6 is 28.5 Å². The summed E-state index contributed by atoms with van der Waals surface area (Å²) in [5.74, 6) is 0. The zero-order valence-corrected chi connectivity index (χ0v) is 35.3. The van der Waals surface area contributed by atoms with Crippen LogP contribution in [-0.4, -0.2) is 67.7 Å². The van der Waals surface area contributed by atoms with Crippen LogP contribution in [0.5, 0.6) is 0 Å². The van der Waals surface area contributed by atoms with Gasteiger partial charge >= 0.3 is 39.3 Å². The summed E-state index contributed by atoms with van der Waals surface area (Å²) < 4.78 is 23.8. The Labute approximate surface area is 296 Å². The van der Waals surface area contributed by atoms with Crippen molar-refractivity contribution in [2.75, 3.05) is 39.6 Å². The second kappa shape index (κ2) is 23.0. The van der Waals surface area contributed by atoms with Crippen molar-refractivity contribution < 1.29 is 29.2 Å². The Bertz CT molecular complexity index is 1070. The van der Waals surface area contributed by atoms with Gasteiger partial charge in [0.2, 0.25) is 0 Å². The zero-order valence-electron chi connectivity index (χ0n) is 29.1. The molecule has 0 atom stereocenters. The van der Waals surface area contributed by atoms with Gasteiger partial charge in [0.15, 0.2) is 16.6 Å². The van der Waals surface area contributed by atoms with Gasteiger partial charge in [0.25, 0.3) is 0 Å². The zero-order chi connectivity index (χ0) is 33.9. The molecule has 45 heavy (non-hydrogen) atoms. The fourth-order valence-electron chi connectivity index (χ4n) is 4.46. The summed E-state index contributed by atoms with van der Waals surface area (Å²) in [5.41, 5.74) is 8.80. The molecule has 258 valence electrons. The molecule has 2 aromatic carbocycles. The minimum absolute atomic E-state index is 0.621. The van der Waals surface area contributed by atoms with Gasteiger partial charge in [-0.1, -0.05) is 36.4 Å². The Hall–Kier alpha value is -0.493. The van der Waals surface area contributed by atoms with Gasteiger partial charge < -0.3 is 18.3 Å². The van der Waals surface area contributed by atoms with Crippen LogP contribution < -0.4 is 0 Å². The van der Waals surface area contributed by atoms with Gasteiger partial charge in [-0.2, -0.15) is 0 Å². The van der Waals surface area contributed by atoms with E-state index in [0.29, 0.717) is 39.6 Å². The van der Waals surface area contributed by atoms with Crippen molar-refractivity contribution in [1.29, 1.82) is 0 Å². The number of benzene rings is 2. The van der Waals surface area contributed by atoms with E-state index in [2.05, 4.69) is 132 Å². The molecule has 0 unspecified atom stereocenters. The van der Waals surface area contributed by atoms with Gasteiger partial charge in [-0.3, -0.25) is 9.98 Å². The predicted octanol–water partition coefficient (Wildman–Crippen LogP) is 10.8. The molecule has 0 bridgehead atoms. The third-order valence-electron chi connectivity index (χ3n) is 6.64. The Kier molecular flexibility index (Phi) is 21.7. The van der Waals surface area contributed by atoms with Crippen molar-refractivity contribution in [3.8, 4) is 0 Å². The van der Waals surface area contributed by atoms with E-state index in [0.717, 1.165) is 48.5 Å². The molecule has 0 saturated heterocycles. The summed E-state index contributed by atoms with van der Waals surface area (Å²) in [6.07, 6.45) is 3.31. The van der Waals surface area contributed by atoms with Gasteiger partial charge in [-0.05, 0) is 115 Å². The molecular weight excluding hydrogens is 775 g/mol. The Morgan fingerprint density at radius 1 is 0.578 bits per heavy atom. The first-order valence-electron chi connectivity index (χ1n) is 15.7. The van der Waals surface area contributed by atoms with Crippen molar-refractivity contribution in [3.05, 3.63) is 58.7 Å². The maximum absolute atomic E-state index is 5.95. The quantitative estimate of drug-likeness (QED) is 0.0804. The van der Waals surface area contributed by atoms with Crippen LogP contribution in [0.3, 0.4) is 0 Å². The number of hydrogen-bond donors (Lipinski definition) is 0. The van der Waals surface area contributed by atoms with Crippen molar-refractivity contribution in [2.24, 2.45) is 9.98 Å². The Morgan fingerprint density at radius 2 is 0.889 bits per heavy atom. The van der Waals surface area contributed by atoms with E-state index in [1.54, 1.807) is 0 Å². The average molecular weight is 832 g/mol. The van der Waals surface area contributed by atoms with Crippen LogP contribution in [0.1, 0.15) is 47.9 Å². The first-order chi connectivity index (χ1) is 21.2. The Balaban J connectivity index is 0.00000324. The molecule has 6 nitrogen and oxygen atoms in total. The van der Waals surface area contributed by atoms with E-state index in [4.69, 9.17) is 28.3 Å². The molecule has 0 saturated carbocycles. The van der Waals surface area contributed by atoms with Gasteiger partial charge in [0.05, 0.1) is 49.2 Å². The summed E-state index contributed by atoms with van der Waals surface area (Å²) >= 11 is 6.00. The molecule has 0 heterocycles. The van der Waals surface area contributed by atoms with E-state index < -0.39 is 16.6 Å². The summed E-state index contributed by atoms with van der Waals surface area (Å²) in [7, 11) is -1.79. The summed E-state index contributed by atoms with van der Waals surface area (Å²) in [5, 5.41) is 0.